The molecule has 1 atom stereocenters. The molecule has 0 saturated carbocycles. The average Bonchev–Trinajstić information content (AvgIpc) is 2.71. The van der Waals surface area contributed by atoms with Crippen molar-refractivity contribution >= 4 is 5.91 Å². The number of hydrogen-bond donors (Lipinski definition) is 2. The summed E-state index contributed by atoms with van der Waals surface area (Å²) in [5.74, 6) is -0.371. The lowest BCUT2D eigenvalue weighted by molar-refractivity contribution is 0.0868. The van der Waals surface area contributed by atoms with Crippen LogP contribution >= 0.6 is 0 Å². The molecule has 0 aliphatic carbocycles. The lowest BCUT2D eigenvalue weighted by Crippen LogP contribution is -2.43. The second-order valence-electron chi connectivity index (χ2n) is 7.07. The normalized spacial score (nSPS) is 17.6. The fraction of sp³-hybridized carbons (Fsp3) is 0.409. The predicted octanol–water partition coefficient (Wildman–Crippen LogP) is 3.46. The number of piperidine rings is 1. The zero-order chi connectivity index (χ0) is 19.1. The fourth-order valence-corrected chi connectivity index (χ4v) is 3.63. The fourth-order valence-electron chi connectivity index (χ4n) is 3.63. The highest BCUT2D eigenvalue weighted by Gasteiger charge is 2.20. The molecule has 1 heterocycles. The predicted molar refractivity (Wildman–Crippen MR) is 105 cm³/mol. The molecule has 2 aromatic rings. The van der Waals surface area contributed by atoms with E-state index in [4.69, 9.17) is 0 Å². The minimum atomic E-state index is -0.272. The van der Waals surface area contributed by atoms with Gasteiger partial charge in [0.15, 0.2) is 0 Å². The summed E-state index contributed by atoms with van der Waals surface area (Å²) in [5, 5.41) is 12.4. The van der Waals surface area contributed by atoms with E-state index in [0.29, 0.717) is 12.1 Å². The van der Waals surface area contributed by atoms with E-state index in [1.54, 1.807) is 18.2 Å². The Labute approximate surface area is 160 Å². The third kappa shape index (κ3) is 5.37. The summed E-state index contributed by atoms with van der Waals surface area (Å²) in [6.07, 6.45) is 4.29. The maximum absolute atomic E-state index is 13.3. The molecule has 1 aliphatic heterocycles. The van der Waals surface area contributed by atoms with Crippen LogP contribution in [-0.2, 0) is 0 Å². The number of aliphatic hydroxyl groups excluding tert-OH is 1. The summed E-state index contributed by atoms with van der Waals surface area (Å²) in [5.41, 5.74) is 2.27. The summed E-state index contributed by atoms with van der Waals surface area (Å²) < 4.78 is 13.3. The minimum Gasteiger partial charge on any atom is -0.395 e. The van der Waals surface area contributed by atoms with E-state index in [-0.39, 0.29) is 24.4 Å². The van der Waals surface area contributed by atoms with E-state index in [1.165, 1.54) is 25.0 Å². The van der Waals surface area contributed by atoms with Gasteiger partial charge in [0.2, 0.25) is 0 Å². The molecule has 0 bridgehead atoms. The molecular weight excluding hydrogens is 343 g/mol. The van der Waals surface area contributed by atoms with E-state index < -0.39 is 0 Å². The Morgan fingerprint density at radius 3 is 2.70 bits per heavy atom. The second-order valence-corrected chi connectivity index (χ2v) is 7.07. The molecule has 3 rings (SSSR count). The second kappa shape index (κ2) is 9.62. The van der Waals surface area contributed by atoms with Gasteiger partial charge in [0, 0.05) is 24.7 Å². The highest BCUT2D eigenvalue weighted by molar-refractivity contribution is 5.94. The maximum atomic E-state index is 13.3. The van der Waals surface area contributed by atoms with Crippen LogP contribution in [0.4, 0.5) is 4.39 Å². The van der Waals surface area contributed by atoms with Crippen molar-refractivity contribution in [3.05, 3.63) is 59.9 Å². The smallest absolute Gasteiger partial charge is 0.251 e. The van der Waals surface area contributed by atoms with E-state index in [1.807, 2.05) is 18.2 Å². The number of nitrogens with zero attached hydrogens (tertiary/aromatic N) is 1. The van der Waals surface area contributed by atoms with Crippen molar-refractivity contribution in [3.8, 4) is 11.1 Å². The van der Waals surface area contributed by atoms with Gasteiger partial charge < -0.3 is 10.4 Å². The van der Waals surface area contributed by atoms with Crippen LogP contribution in [0.25, 0.3) is 11.1 Å². The molecular formula is C22H27FN2O2. The maximum Gasteiger partial charge on any atom is 0.251 e. The Morgan fingerprint density at radius 1 is 1.15 bits per heavy atom. The molecule has 2 N–H and O–H groups in total. The molecule has 1 saturated heterocycles. The molecule has 5 heteroatoms. The topological polar surface area (TPSA) is 52.6 Å². The van der Waals surface area contributed by atoms with Crippen molar-refractivity contribution in [2.75, 3.05) is 26.2 Å². The SMILES string of the molecule is O=C(NCCCN1CCCC[C@H]1CO)c1ccc(-c2cccc(F)c2)cc1. The Bertz CT molecular complexity index is 748. The quantitative estimate of drug-likeness (QED) is 0.734. The van der Waals surface area contributed by atoms with Gasteiger partial charge in [-0.05, 0) is 61.2 Å². The van der Waals surface area contributed by atoms with Gasteiger partial charge in [-0.3, -0.25) is 9.69 Å². The molecule has 144 valence electrons. The Kier molecular flexibility index (Phi) is 6.96. The van der Waals surface area contributed by atoms with Crippen LogP contribution in [0.15, 0.2) is 48.5 Å². The van der Waals surface area contributed by atoms with Gasteiger partial charge in [-0.2, -0.15) is 0 Å². The summed E-state index contributed by atoms with van der Waals surface area (Å²) in [7, 11) is 0. The first-order valence-corrected chi connectivity index (χ1v) is 9.66. The number of likely N-dealkylation sites (tertiary alicyclic amines) is 1. The number of aliphatic hydroxyl groups is 1. The highest BCUT2D eigenvalue weighted by atomic mass is 19.1. The third-order valence-electron chi connectivity index (χ3n) is 5.17. The van der Waals surface area contributed by atoms with Crippen LogP contribution in [0.3, 0.4) is 0 Å². The summed E-state index contributed by atoms with van der Waals surface area (Å²) in [6.45, 7) is 2.74. The number of carbonyl (C=O) groups is 1. The zero-order valence-electron chi connectivity index (χ0n) is 15.5. The van der Waals surface area contributed by atoms with Crippen molar-refractivity contribution in [2.45, 2.75) is 31.7 Å². The average molecular weight is 370 g/mol. The van der Waals surface area contributed by atoms with Crippen LogP contribution in [0, 0.1) is 5.82 Å². The molecule has 4 nitrogen and oxygen atoms in total. The van der Waals surface area contributed by atoms with Gasteiger partial charge in [0.25, 0.3) is 5.91 Å². The van der Waals surface area contributed by atoms with Crippen molar-refractivity contribution in [3.63, 3.8) is 0 Å². The monoisotopic (exact) mass is 370 g/mol. The van der Waals surface area contributed by atoms with Crippen LogP contribution in [0.1, 0.15) is 36.0 Å². The standard InChI is InChI=1S/C22H27FN2O2/c23-20-6-3-5-19(15-20)17-8-10-18(11-9-17)22(27)24-12-4-14-25-13-2-1-7-21(25)16-26/h3,5-6,8-11,15,21,26H,1-2,4,7,12-14,16H2,(H,24,27)/t21-/m0/s1. The number of rotatable bonds is 7. The van der Waals surface area contributed by atoms with Crippen molar-refractivity contribution in [1.29, 1.82) is 0 Å². The first-order chi connectivity index (χ1) is 13.2. The molecule has 0 radical (unpaired) electrons. The number of benzene rings is 2. The van der Waals surface area contributed by atoms with Crippen LogP contribution in [0.2, 0.25) is 0 Å². The molecule has 1 amide bonds. The highest BCUT2D eigenvalue weighted by Crippen LogP contribution is 2.20. The van der Waals surface area contributed by atoms with E-state index in [2.05, 4.69) is 10.2 Å². The zero-order valence-corrected chi connectivity index (χ0v) is 15.5. The van der Waals surface area contributed by atoms with Gasteiger partial charge in [-0.15, -0.1) is 0 Å². The molecule has 0 aromatic heterocycles. The first kappa shape index (κ1) is 19.5. The number of halogens is 1. The van der Waals surface area contributed by atoms with Crippen LogP contribution < -0.4 is 5.32 Å². The van der Waals surface area contributed by atoms with E-state index in [9.17, 15) is 14.3 Å². The van der Waals surface area contributed by atoms with Crippen LogP contribution in [0.5, 0.6) is 0 Å². The van der Waals surface area contributed by atoms with Crippen molar-refractivity contribution < 1.29 is 14.3 Å². The van der Waals surface area contributed by atoms with Gasteiger partial charge in [0.1, 0.15) is 5.82 Å². The number of carbonyl (C=O) groups excluding carboxylic acids is 1. The van der Waals surface area contributed by atoms with Gasteiger partial charge in [-0.25, -0.2) is 4.39 Å². The first-order valence-electron chi connectivity index (χ1n) is 9.66. The van der Waals surface area contributed by atoms with Gasteiger partial charge in [-0.1, -0.05) is 30.7 Å². The number of amides is 1. The Morgan fingerprint density at radius 2 is 1.96 bits per heavy atom. The van der Waals surface area contributed by atoms with Crippen LogP contribution in [-0.4, -0.2) is 48.2 Å². The Balaban J connectivity index is 1.47. The number of nitrogens with one attached hydrogen (secondary N) is 1. The minimum absolute atomic E-state index is 0.0989. The molecule has 27 heavy (non-hydrogen) atoms. The van der Waals surface area contributed by atoms with Crippen molar-refractivity contribution in [2.24, 2.45) is 0 Å². The van der Waals surface area contributed by atoms with Crippen molar-refractivity contribution in [1.82, 2.24) is 10.2 Å². The third-order valence-corrected chi connectivity index (χ3v) is 5.17. The summed E-state index contributed by atoms with van der Waals surface area (Å²) >= 11 is 0. The molecule has 1 aliphatic rings. The molecule has 1 fully saturated rings. The molecule has 0 spiro atoms. The van der Waals surface area contributed by atoms with Gasteiger partial charge in [0.05, 0.1) is 6.61 Å². The van der Waals surface area contributed by atoms with E-state index in [0.717, 1.165) is 37.1 Å². The lowest BCUT2D eigenvalue weighted by Gasteiger charge is -2.34. The molecule has 2 aromatic carbocycles. The summed E-state index contributed by atoms with van der Waals surface area (Å²) in [4.78, 5) is 14.6. The van der Waals surface area contributed by atoms with E-state index >= 15 is 0 Å². The number of hydrogen-bond acceptors (Lipinski definition) is 3. The summed E-state index contributed by atoms with van der Waals surface area (Å²) in [6, 6.07) is 13.9. The lowest BCUT2D eigenvalue weighted by atomic mass is 10.0. The molecule has 0 unspecified atom stereocenters. The Hall–Kier alpha value is -2.24. The largest absolute Gasteiger partial charge is 0.395 e. The van der Waals surface area contributed by atoms with Gasteiger partial charge >= 0.3 is 0 Å².